The second-order valence-corrected chi connectivity index (χ2v) is 7.25. The van der Waals surface area contributed by atoms with E-state index in [0.29, 0.717) is 5.75 Å². The lowest BCUT2D eigenvalue weighted by Gasteiger charge is -2.34. The molecule has 4 rings (SSSR count). The van der Waals surface area contributed by atoms with Crippen LogP contribution in [0.3, 0.4) is 0 Å². The SMILES string of the molecule is CC1(C)c2cc3c(cc2C(=O)N1CCC1CCNCC1)OCO3.Cl. The number of benzene rings is 1. The molecule has 1 fully saturated rings. The highest BCUT2D eigenvalue weighted by Gasteiger charge is 2.44. The Balaban J connectivity index is 0.00000169. The summed E-state index contributed by atoms with van der Waals surface area (Å²) < 4.78 is 10.9. The fraction of sp³-hybridized carbons (Fsp3) is 0.611. The topological polar surface area (TPSA) is 50.8 Å². The first-order valence-electron chi connectivity index (χ1n) is 8.54. The summed E-state index contributed by atoms with van der Waals surface area (Å²) in [7, 11) is 0. The molecule has 1 aromatic rings. The van der Waals surface area contributed by atoms with E-state index in [1.165, 1.54) is 12.8 Å². The number of fused-ring (bicyclic) bond motifs is 2. The summed E-state index contributed by atoms with van der Waals surface area (Å²) >= 11 is 0. The molecule has 0 radical (unpaired) electrons. The second-order valence-electron chi connectivity index (χ2n) is 7.25. The fourth-order valence-electron chi connectivity index (χ4n) is 4.03. The van der Waals surface area contributed by atoms with Crippen molar-refractivity contribution >= 4 is 18.3 Å². The van der Waals surface area contributed by atoms with Crippen molar-refractivity contribution in [3.8, 4) is 11.5 Å². The summed E-state index contributed by atoms with van der Waals surface area (Å²) in [5.41, 5.74) is 1.53. The van der Waals surface area contributed by atoms with E-state index in [4.69, 9.17) is 9.47 Å². The molecule has 3 aliphatic heterocycles. The molecule has 1 N–H and O–H groups in total. The van der Waals surface area contributed by atoms with Crippen LogP contribution in [0.2, 0.25) is 0 Å². The van der Waals surface area contributed by atoms with Gasteiger partial charge in [0.05, 0.1) is 5.54 Å². The molecule has 0 unspecified atom stereocenters. The quantitative estimate of drug-likeness (QED) is 0.908. The van der Waals surface area contributed by atoms with Gasteiger partial charge in [0.2, 0.25) is 6.79 Å². The van der Waals surface area contributed by atoms with Crippen LogP contribution in [0.5, 0.6) is 11.5 Å². The summed E-state index contributed by atoms with van der Waals surface area (Å²) in [5, 5.41) is 3.40. The zero-order chi connectivity index (χ0) is 16.0. The number of nitrogens with zero attached hydrogens (tertiary/aromatic N) is 1. The zero-order valence-electron chi connectivity index (χ0n) is 14.3. The smallest absolute Gasteiger partial charge is 0.255 e. The molecule has 0 aromatic heterocycles. The maximum absolute atomic E-state index is 12.9. The lowest BCUT2D eigenvalue weighted by atomic mass is 9.91. The maximum atomic E-state index is 12.9. The summed E-state index contributed by atoms with van der Waals surface area (Å²) in [6.45, 7) is 7.51. The third kappa shape index (κ3) is 2.74. The summed E-state index contributed by atoms with van der Waals surface area (Å²) in [6, 6.07) is 3.84. The maximum Gasteiger partial charge on any atom is 0.255 e. The van der Waals surface area contributed by atoms with Crippen LogP contribution in [0.25, 0.3) is 0 Å². The van der Waals surface area contributed by atoms with Crippen molar-refractivity contribution in [3.63, 3.8) is 0 Å². The first-order chi connectivity index (χ1) is 11.1. The van der Waals surface area contributed by atoms with E-state index in [1.54, 1.807) is 0 Å². The molecule has 0 aliphatic carbocycles. The van der Waals surface area contributed by atoms with E-state index in [0.717, 1.165) is 48.8 Å². The number of piperidine rings is 1. The van der Waals surface area contributed by atoms with Crippen LogP contribution in [0, 0.1) is 5.92 Å². The molecule has 132 valence electrons. The average molecular weight is 353 g/mol. The van der Waals surface area contributed by atoms with Gasteiger partial charge in [-0.2, -0.15) is 0 Å². The predicted octanol–water partition coefficient (Wildman–Crippen LogP) is 2.92. The molecule has 0 bridgehead atoms. The number of carbonyl (C=O) groups excluding carboxylic acids is 1. The monoisotopic (exact) mass is 352 g/mol. The molecular weight excluding hydrogens is 328 g/mol. The molecular formula is C18H25ClN2O3. The molecule has 0 spiro atoms. The minimum atomic E-state index is -0.291. The number of halogens is 1. The van der Waals surface area contributed by atoms with E-state index < -0.39 is 0 Å². The van der Waals surface area contributed by atoms with Gasteiger partial charge in [-0.1, -0.05) is 0 Å². The largest absolute Gasteiger partial charge is 0.454 e. The van der Waals surface area contributed by atoms with Gasteiger partial charge in [-0.15, -0.1) is 12.4 Å². The van der Waals surface area contributed by atoms with E-state index in [1.807, 2.05) is 17.0 Å². The van der Waals surface area contributed by atoms with Crippen molar-refractivity contribution < 1.29 is 14.3 Å². The number of rotatable bonds is 3. The molecule has 1 saturated heterocycles. The average Bonchev–Trinajstić information content (AvgIpc) is 3.07. The first kappa shape index (κ1) is 17.4. The highest BCUT2D eigenvalue weighted by molar-refractivity contribution is 6.00. The Morgan fingerprint density at radius 1 is 1.21 bits per heavy atom. The minimum Gasteiger partial charge on any atom is -0.454 e. The molecule has 1 amide bonds. The number of hydrogen-bond donors (Lipinski definition) is 1. The van der Waals surface area contributed by atoms with Crippen LogP contribution in [-0.2, 0) is 5.54 Å². The highest BCUT2D eigenvalue weighted by atomic mass is 35.5. The van der Waals surface area contributed by atoms with Crippen molar-refractivity contribution in [2.24, 2.45) is 5.92 Å². The Labute approximate surface area is 149 Å². The molecule has 1 aromatic carbocycles. The highest BCUT2D eigenvalue weighted by Crippen LogP contribution is 2.45. The van der Waals surface area contributed by atoms with Gasteiger partial charge in [0.1, 0.15) is 0 Å². The zero-order valence-corrected chi connectivity index (χ0v) is 15.1. The van der Waals surface area contributed by atoms with Crippen LogP contribution >= 0.6 is 12.4 Å². The molecule has 0 atom stereocenters. The van der Waals surface area contributed by atoms with Crippen molar-refractivity contribution in [3.05, 3.63) is 23.3 Å². The normalized spacial score (nSPS) is 21.6. The van der Waals surface area contributed by atoms with E-state index in [9.17, 15) is 4.79 Å². The van der Waals surface area contributed by atoms with Crippen molar-refractivity contribution in [1.82, 2.24) is 10.2 Å². The van der Waals surface area contributed by atoms with Crippen molar-refractivity contribution in [2.45, 2.75) is 38.6 Å². The van der Waals surface area contributed by atoms with Crippen LogP contribution in [0.4, 0.5) is 0 Å². The molecule has 24 heavy (non-hydrogen) atoms. The van der Waals surface area contributed by atoms with Crippen LogP contribution < -0.4 is 14.8 Å². The van der Waals surface area contributed by atoms with Gasteiger partial charge in [0.15, 0.2) is 11.5 Å². The molecule has 0 saturated carbocycles. The lowest BCUT2D eigenvalue weighted by molar-refractivity contribution is 0.0595. The summed E-state index contributed by atoms with van der Waals surface area (Å²) in [5.74, 6) is 2.29. The Morgan fingerprint density at radius 3 is 2.58 bits per heavy atom. The second kappa shape index (κ2) is 6.45. The predicted molar refractivity (Wildman–Crippen MR) is 94.1 cm³/mol. The Kier molecular flexibility index (Phi) is 4.67. The lowest BCUT2D eigenvalue weighted by Crippen LogP contribution is -2.41. The minimum absolute atomic E-state index is 0. The number of ether oxygens (including phenoxy) is 2. The van der Waals surface area contributed by atoms with Gasteiger partial charge in [0.25, 0.3) is 5.91 Å². The van der Waals surface area contributed by atoms with Crippen molar-refractivity contribution in [2.75, 3.05) is 26.4 Å². The van der Waals surface area contributed by atoms with Crippen LogP contribution in [-0.4, -0.2) is 37.2 Å². The first-order valence-corrected chi connectivity index (χ1v) is 8.54. The molecule has 3 aliphatic rings. The molecule has 5 nitrogen and oxygen atoms in total. The Morgan fingerprint density at radius 2 is 1.88 bits per heavy atom. The number of carbonyl (C=O) groups is 1. The Bertz CT molecular complexity index is 641. The van der Waals surface area contributed by atoms with Gasteiger partial charge in [-0.05, 0) is 69.8 Å². The van der Waals surface area contributed by atoms with Crippen molar-refractivity contribution in [1.29, 1.82) is 0 Å². The fourth-order valence-corrected chi connectivity index (χ4v) is 4.03. The number of amides is 1. The van der Waals surface area contributed by atoms with Gasteiger partial charge >= 0.3 is 0 Å². The van der Waals surface area contributed by atoms with Gasteiger partial charge in [-0.3, -0.25) is 4.79 Å². The van der Waals surface area contributed by atoms with Gasteiger partial charge in [0, 0.05) is 12.1 Å². The molecule has 6 heteroatoms. The Hall–Kier alpha value is -1.46. The number of hydrogen-bond acceptors (Lipinski definition) is 4. The summed E-state index contributed by atoms with van der Waals surface area (Å²) in [4.78, 5) is 14.9. The van der Waals surface area contributed by atoms with E-state index in [-0.39, 0.29) is 30.6 Å². The standard InChI is InChI=1S/C18H24N2O3.ClH/c1-18(2)14-10-16-15(22-11-23-16)9-13(14)17(21)20(18)8-5-12-3-6-19-7-4-12;/h9-10,12,19H,3-8,11H2,1-2H3;1H. The van der Waals surface area contributed by atoms with Crippen LogP contribution in [0.15, 0.2) is 12.1 Å². The number of nitrogens with one attached hydrogen (secondary N) is 1. The van der Waals surface area contributed by atoms with E-state index in [2.05, 4.69) is 19.2 Å². The molecule has 3 heterocycles. The van der Waals surface area contributed by atoms with Gasteiger partial charge < -0.3 is 19.7 Å². The van der Waals surface area contributed by atoms with Gasteiger partial charge in [-0.25, -0.2) is 0 Å². The van der Waals surface area contributed by atoms with E-state index >= 15 is 0 Å². The third-order valence-corrected chi connectivity index (χ3v) is 5.54. The van der Waals surface area contributed by atoms with Crippen LogP contribution in [0.1, 0.15) is 49.0 Å². The third-order valence-electron chi connectivity index (χ3n) is 5.54. The summed E-state index contributed by atoms with van der Waals surface area (Å²) in [6.07, 6.45) is 3.51.